The molecular weight excluding hydrogens is 525 g/mol. The Kier molecular flexibility index (Phi) is 7.41. The number of hydrogen-bond acceptors (Lipinski definition) is 6. The highest BCUT2D eigenvalue weighted by molar-refractivity contribution is 5.98. The number of carboxylic acid groups (broad SMARTS) is 1. The van der Waals surface area contributed by atoms with E-state index in [-0.39, 0.29) is 30.5 Å². The SMILES string of the molecule is CC(C)c1onc(COc2c(F)cc(F)cc2F)c1COc1ccc(-c2cc3ccccc3nc2C(=O)O)cc1. The third kappa shape index (κ3) is 5.47. The fourth-order valence-corrected chi connectivity index (χ4v) is 4.27. The maximum absolute atomic E-state index is 14.0. The summed E-state index contributed by atoms with van der Waals surface area (Å²) in [6, 6.07) is 17.0. The van der Waals surface area contributed by atoms with Crippen molar-refractivity contribution in [2.45, 2.75) is 33.0 Å². The van der Waals surface area contributed by atoms with E-state index in [2.05, 4.69) is 10.1 Å². The van der Waals surface area contributed by atoms with Gasteiger partial charge in [-0.15, -0.1) is 0 Å². The van der Waals surface area contributed by atoms with Crippen LogP contribution in [0.25, 0.3) is 22.0 Å². The van der Waals surface area contributed by atoms with Crippen molar-refractivity contribution in [3.8, 4) is 22.6 Å². The zero-order valence-electron chi connectivity index (χ0n) is 21.5. The predicted octanol–water partition coefficient (Wildman–Crippen LogP) is 7.29. The molecule has 0 spiro atoms. The maximum atomic E-state index is 14.0. The summed E-state index contributed by atoms with van der Waals surface area (Å²) >= 11 is 0. The van der Waals surface area contributed by atoms with Gasteiger partial charge in [-0.05, 0) is 29.8 Å². The van der Waals surface area contributed by atoms with E-state index in [0.29, 0.717) is 45.8 Å². The summed E-state index contributed by atoms with van der Waals surface area (Å²) in [5.41, 5.74) is 2.47. The van der Waals surface area contributed by atoms with Crippen LogP contribution in [0.4, 0.5) is 13.2 Å². The summed E-state index contributed by atoms with van der Waals surface area (Å²) in [6.45, 7) is 3.46. The van der Waals surface area contributed by atoms with Gasteiger partial charge in [0, 0.05) is 29.0 Å². The average Bonchev–Trinajstić information content (AvgIpc) is 3.34. The Hall–Kier alpha value is -4.86. The first-order valence-corrected chi connectivity index (χ1v) is 12.3. The zero-order valence-corrected chi connectivity index (χ0v) is 21.5. The molecule has 5 rings (SSSR count). The van der Waals surface area contributed by atoms with Gasteiger partial charge in [-0.25, -0.2) is 22.9 Å². The molecule has 0 atom stereocenters. The summed E-state index contributed by atoms with van der Waals surface area (Å²) in [5, 5.41) is 14.5. The molecule has 204 valence electrons. The minimum Gasteiger partial charge on any atom is -0.489 e. The second-order valence-corrected chi connectivity index (χ2v) is 9.31. The number of ether oxygens (including phenoxy) is 2. The number of aromatic nitrogens is 2. The summed E-state index contributed by atoms with van der Waals surface area (Å²) in [4.78, 5) is 16.2. The third-order valence-corrected chi connectivity index (χ3v) is 6.22. The second kappa shape index (κ2) is 11.1. The molecular formula is C30H23F3N2O5. The standard InChI is InChI=1S/C30H23F3N2O5/c1-16(2)28-22(26(35-40-28)15-39-29-23(32)12-19(31)13-24(29)33)14-38-20-9-7-17(8-10-20)21-11-18-5-3-4-6-25(18)34-27(21)30(36)37/h3-13,16H,14-15H2,1-2H3,(H,36,37). The van der Waals surface area contributed by atoms with Gasteiger partial charge in [0.15, 0.2) is 23.1 Å². The van der Waals surface area contributed by atoms with Crippen LogP contribution in [0.5, 0.6) is 11.5 Å². The molecule has 0 saturated heterocycles. The van der Waals surface area contributed by atoms with E-state index in [1.165, 1.54) is 0 Å². The van der Waals surface area contributed by atoms with Crippen LogP contribution < -0.4 is 9.47 Å². The highest BCUT2D eigenvalue weighted by Crippen LogP contribution is 2.30. The number of rotatable bonds is 9. The van der Waals surface area contributed by atoms with E-state index < -0.39 is 29.2 Å². The molecule has 0 amide bonds. The first-order valence-electron chi connectivity index (χ1n) is 12.3. The van der Waals surface area contributed by atoms with Crippen molar-refractivity contribution in [2.24, 2.45) is 0 Å². The molecule has 7 nitrogen and oxygen atoms in total. The molecule has 0 unspecified atom stereocenters. The van der Waals surface area contributed by atoms with Crippen LogP contribution in [0, 0.1) is 17.5 Å². The zero-order chi connectivity index (χ0) is 28.4. The van der Waals surface area contributed by atoms with Crippen molar-refractivity contribution < 1.29 is 37.1 Å². The Morgan fingerprint density at radius 3 is 2.33 bits per heavy atom. The first kappa shape index (κ1) is 26.7. The Balaban J connectivity index is 1.35. The van der Waals surface area contributed by atoms with Crippen LogP contribution >= 0.6 is 0 Å². The minimum atomic E-state index is -1.17. The molecule has 3 aromatic carbocycles. The number of halogens is 3. The lowest BCUT2D eigenvalue weighted by Crippen LogP contribution is -2.07. The summed E-state index contributed by atoms with van der Waals surface area (Å²) in [6.07, 6.45) is 0. The topological polar surface area (TPSA) is 94.7 Å². The molecule has 2 aromatic heterocycles. The number of carboxylic acids is 1. The quantitative estimate of drug-likeness (QED) is 0.207. The van der Waals surface area contributed by atoms with E-state index >= 15 is 0 Å². The van der Waals surface area contributed by atoms with Gasteiger partial charge in [-0.2, -0.15) is 0 Å². The van der Waals surface area contributed by atoms with Crippen LogP contribution in [-0.4, -0.2) is 21.2 Å². The first-order chi connectivity index (χ1) is 19.2. The molecule has 0 aliphatic carbocycles. The lowest BCUT2D eigenvalue weighted by Gasteiger charge is -2.12. The average molecular weight is 549 g/mol. The number of fused-ring (bicyclic) bond motifs is 1. The maximum Gasteiger partial charge on any atom is 0.355 e. The van der Waals surface area contributed by atoms with Crippen LogP contribution in [0.3, 0.4) is 0 Å². The van der Waals surface area contributed by atoms with E-state index in [1.807, 2.05) is 26.0 Å². The molecule has 40 heavy (non-hydrogen) atoms. The monoisotopic (exact) mass is 548 g/mol. The van der Waals surface area contributed by atoms with Crippen LogP contribution in [0.15, 0.2) is 71.3 Å². The molecule has 0 fully saturated rings. The van der Waals surface area contributed by atoms with Gasteiger partial charge in [0.1, 0.15) is 36.2 Å². The van der Waals surface area contributed by atoms with E-state index in [4.69, 9.17) is 14.0 Å². The molecule has 0 aliphatic rings. The summed E-state index contributed by atoms with van der Waals surface area (Å²) in [7, 11) is 0. The van der Waals surface area contributed by atoms with Gasteiger partial charge in [0.25, 0.3) is 0 Å². The Morgan fingerprint density at radius 2 is 1.65 bits per heavy atom. The number of benzene rings is 3. The van der Waals surface area contributed by atoms with Crippen molar-refractivity contribution in [1.82, 2.24) is 10.1 Å². The van der Waals surface area contributed by atoms with Gasteiger partial charge in [0.05, 0.1) is 11.1 Å². The molecule has 10 heteroatoms. The Labute approximate surface area is 226 Å². The molecule has 0 radical (unpaired) electrons. The number of aromatic carboxylic acids is 1. The van der Waals surface area contributed by atoms with Gasteiger partial charge in [0.2, 0.25) is 0 Å². The molecule has 0 bridgehead atoms. The molecule has 0 aliphatic heterocycles. The number of carbonyl (C=O) groups is 1. The third-order valence-electron chi connectivity index (χ3n) is 6.22. The van der Waals surface area contributed by atoms with Crippen LogP contribution in [-0.2, 0) is 13.2 Å². The number of nitrogens with zero attached hydrogens (tertiary/aromatic N) is 2. The van der Waals surface area contributed by atoms with Gasteiger partial charge in [-0.1, -0.05) is 49.3 Å². The van der Waals surface area contributed by atoms with E-state index in [9.17, 15) is 23.1 Å². The minimum absolute atomic E-state index is 0.0152. The molecule has 5 aromatic rings. The largest absolute Gasteiger partial charge is 0.489 e. The lowest BCUT2D eigenvalue weighted by molar-refractivity contribution is 0.0692. The summed E-state index contributed by atoms with van der Waals surface area (Å²) < 4.78 is 57.9. The van der Waals surface area contributed by atoms with Crippen molar-refractivity contribution >= 4 is 16.9 Å². The summed E-state index contributed by atoms with van der Waals surface area (Å²) in [5.74, 6) is -4.33. The van der Waals surface area contributed by atoms with Crippen molar-refractivity contribution in [3.05, 3.63) is 107 Å². The second-order valence-electron chi connectivity index (χ2n) is 9.31. The highest BCUT2D eigenvalue weighted by atomic mass is 19.1. The van der Waals surface area contributed by atoms with Crippen molar-refractivity contribution in [2.75, 3.05) is 0 Å². The molecule has 2 heterocycles. The van der Waals surface area contributed by atoms with E-state index in [1.54, 1.807) is 42.5 Å². The number of para-hydroxylation sites is 1. The highest BCUT2D eigenvalue weighted by Gasteiger charge is 2.22. The van der Waals surface area contributed by atoms with Crippen LogP contribution in [0.1, 0.15) is 47.3 Å². The predicted molar refractivity (Wildman–Crippen MR) is 140 cm³/mol. The smallest absolute Gasteiger partial charge is 0.355 e. The van der Waals surface area contributed by atoms with Crippen molar-refractivity contribution in [1.29, 1.82) is 0 Å². The molecule has 0 saturated carbocycles. The van der Waals surface area contributed by atoms with Gasteiger partial charge < -0.3 is 19.1 Å². The fraction of sp³-hybridized carbons (Fsp3) is 0.167. The number of hydrogen-bond donors (Lipinski definition) is 1. The van der Waals surface area contributed by atoms with Gasteiger partial charge >= 0.3 is 5.97 Å². The Morgan fingerprint density at radius 1 is 0.950 bits per heavy atom. The molecule has 1 N–H and O–H groups in total. The number of pyridine rings is 1. The van der Waals surface area contributed by atoms with Gasteiger partial charge in [-0.3, -0.25) is 0 Å². The lowest BCUT2D eigenvalue weighted by atomic mass is 10.0. The normalized spacial score (nSPS) is 11.2. The van der Waals surface area contributed by atoms with Crippen molar-refractivity contribution in [3.63, 3.8) is 0 Å². The fourth-order valence-electron chi connectivity index (χ4n) is 4.27. The van der Waals surface area contributed by atoms with E-state index in [0.717, 1.165) is 5.39 Å². The Bertz CT molecular complexity index is 1680. The van der Waals surface area contributed by atoms with Crippen LogP contribution in [0.2, 0.25) is 0 Å².